The average Bonchev–Trinajstić information content (AvgIpc) is 3.24. The highest BCUT2D eigenvalue weighted by Gasteiger charge is 2.25. The summed E-state index contributed by atoms with van der Waals surface area (Å²) < 4.78 is 0. The Bertz CT molecular complexity index is 422. The van der Waals surface area contributed by atoms with E-state index in [0.717, 1.165) is 11.7 Å². The van der Waals surface area contributed by atoms with E-state index >= 15 is 0 Å². The van der Waals surface area contributed by atoms with Gasteiger partial charge in [0.05, 0.1) is 0 Å². The van der Waals surface area contributed by atoms with Gasteiger partial charge in [0.15, 0.2) is 0 Å². The summed E-state index contributed by atoms with van der Waals surface area (Å²) in [5.41, 5.74) is 1.40. The van der Waals surface area contributed by atoms with Crippen LogP contribution in [0.3, 0.4) is 0 Å². The summed E-state index contributed by atoms with van der Waals surface area (Å²) in [6, 6.07) is 5.70. The van der Waals surface area contributed by atoms with Crippen LogP contribution in [0.2, 0.25) is 0 Å². The molecule has 3 heteroatoms. The maximum atomic E-state index is 4.61. The molecule has 0 aromatic carbocycles. The summed E-state index contributed by atoms with van der Waals surface area (Å²) in [7, 11) is 0. The van der Waals surface area contributed by atoms with Crippen LogP contribution in [0.4, 0.5) is 5.82 Å². The maximum absolute atomic E-state index is 4.61. The molecule has 0 bridgehead atoms. The van der Waals surface area contributed by atoms with Crippen molar-refractivity contribution in [3.8, 4) is 0 Å². The van der Waals surface area contributed by atoms with Gasteiger partial charge in [-0.05, 0) is 49.8 Å². The number of piperidine rings is 1. The molecule has 2 fully saturated rings. The van der Waals surface area contributed by atoms with E-state index in [2.05, 4.69) is 47.4 Å². The van der Waals surface area contributed by atoms with Crippen molar-refractivity contribution in [1.82, 2.24) is 9.88 Å². The minimum atomic E-state index is 0.577. The lowest BCUT2D eigenvalue weighted by atomic mass is 9.95. The molecule has 0 amide bonds. The minimum Gasteiger partial charge on any atom is -0.367 e. The van der Waals surface area contributed by atoms with Crippen LogP contribution in [0.15, 0.2) is 18.3 Å². The van der Waals surface area contributed by atoms with Crippen LogP contribution in [0.5, 0.6) is 0 Å². The number of aromatic nitrogens is 1. The van der Waals surface area contributed by atoms with Gasteiger partial charge in [0.2, 0.25) is 0 Å². The number of hydrogen-bond donors (Lipinski definition) is 1. The Kier molecular flexibility index (Phi) is 4.25. The lowest BCUT2D eigenvalue weighted by Gasteiger charge is -2.37. The van der Waals surface area contributed by atoms with Gasteiger partial charge >= 0.3 is 0 Å². The molecule has 0 spiro atoms. The molecule has 0 radical (unpaired) electrons. The van der Waals surface area contributed by atoms with Gasteiger partial charge in [0.25, 0.3) is 0 Å². The van der Waals surface area contributed by atoms with E-state index in [9.17, 15) is 0 Å². The molecule has 3 rings (SSSR count). The zero-order valence-corrected chi connectivity index (χ0v) is 12.8. The number of hydrogen-bond acceptors (Lipinski definition) is 3. The first-order chi connectivity index (χ1) is 9.72. The van der Waals surface area contributed by atoms with Crippen LogP contribution in [0.1, 0.15) is 57.6 Å². The van der Waals surface area contributed by atoms with E-state index in [1.165, 1.54) is 50.8 Å². The second-order valence-electron chi connectivity index (χ2n) is 6.80. The molecule has 1 saturated carbocycles. The number of nitrogens with zero attached hydrogens (tertiary/aromatic N) is 2. The van der Waals surface area contributed by atoms with E-state index in [0.29, 0.717) is 12.1 Å². The van der Waals surface area contributed by atoms with Crippen molar-refractivity contribution >= 4 is 5.82 Å². The normalized spacial score (nSPS) is 24.1. The van der Waals surface area contributed by atoms with Crippen LogP contribution in [-0.4, -0.2) is 29.0 Å². The van der Waals surface area contributed by atoms with E-state index < -0.39 is 0 Å². The molecular formula is C17H27N3. The first-order valence-electron chi connectivity index (χ1n) is 8.19. The Balaban J connectivity index is 1.68. The molecular weight excluding hydrogens is 246 g/mol. The molecule has 1 N–H and O–H groups in total. The Morgan fingerprint density at radius 2 is 2.10 bits per heavy atom. The molecule has 1 aliphatic heterocycles. The van der Waals surface area contributed by atoms with Crippen molar-refractivity contribution < 1.29 is 0 Å². The lowest BCUT2D eigenvalue weighted by molar-refractivity contribution is 0.132. The van der Waals surface area contributed by atoms with Crippen molar-refractivity contribution in [3.63, 3.8) is 0 Å². The van der Waals surface area contributed by atoms with Gasteiger partial charge in [-0.15, -0.1) is 0 Å². The lowest BCUT2D eigenvalue weighted by Crippen LogP contribution is -2.36. The zero-order valence-electron chi connectivity index (χ0n) is 12.8. The Labute approximate surface area is 122 Å². The largest absolute Gasteiger partial charge is 0.367 e. The van der Waals surface area contributed by atoms with Crippen molar-refractivity contribution in [2.45, 2.75) is 58.0 Å². The topological polar surface area (TPSA) is 28.2 Å². The summed E-state index contributed by atoms with van der Waals surface area (Å²) in [5.74, 6) is 1.78. The molecule has 20 heavy (non-hydrogen) atoms. The van der Waals surface area contributed by atoms with E-state index in [-0.39, 0.29) is 0 Å². The standard InChI is InChI=1S/C17H27N3/c1-13(2)12-20-10-4-3-5-16(20)14-6-9-17(18-11-14)19-15-7-8-15/h6,9,11,13,15-16H,3-5,7-8,10,12H2,1-2H3,(H,18,19)/t16-/m1/s1. The molecule has 2 heterocycles. The van der Waals surface area contributed by atoms with Gasteiger partial charge in [0, 0.05) is 24.8 Å². The monoisotopic (exact) mass is 273 g/mol. The summed E-state index contributed by atoms with van der Waals surface area (Å²) in [4.78, 5) is 7.26. The van der Waals surface area contributed by atoms with Crippen LogP contribution < -0.4 is 5.32 Å². The van der Waals surface area contributed by atoms with Gasteiger partial charge in [-0.3, -0.25) is 4.90 Å². The third-order valence-electron chi connectivity index (χ3n) is 4.31. The molecule has 3 nitrogen and oxygen atoms in total. The first kappa shape index (κ1) is 13.9. The van der Waals surface area contributed by atoms with Crippen molar-refractivity contribution in [2.24, 2.45) is 5.92 Å². The Morgan fingerprint density at radius 1 is 1.25 bits per heavy atom. The molecule has 1 aromatic heterocycles. The molecule has 1 aromatic rings. The molecule has 110 valence electrons. The number of pyridine rings is 1. The molecule has 1 atom stereocenters. The molecule has 1 saturated heterocycles. The Hall–Kier alpha value is -1.09. The fraction of sp³-hybridized carbons (Fsp3) is 0.706. The van der Waals surface area contributed by atoms with E-state index in [4.69, 9.17) is 0 Å². The molecule has 2 aliphatic rings. The van der Waals surface area contributed by atoms with Gasteiger partial charge in [-0.25, -0.2) is 4.98 Å². The van der Waals surface area contributed by atoms with Gasteiger partial charge < -0.3 is 5.32 Å². The van der Waals surface area contributed by atoms with Crippen LogP contribution in [-0.2, 0) is 0 Å². The zero-order chi connectivity index (χ0) is 13.9. The third-order valence-corrected chi connectivity index (χ3v) is 4.31. The SMILES string of the molecule is CC(C)CN1CCCC[C@@H]1c1ccc(NC2CC2)nc1. The molecule has 1 aliphatic carbocycles. The van der Waals surface area contributed by atoms with Crippen LogP contribution in [0.25, 0.3) is 0 Å². The predicted molar refractivity (Wildman–Crippen MR) is 83.9 cm³/mol. The van der Waals surface area contributed by atoms with Crippen molar-refractivity contribution in [2.75, 3.05) is 18.4 Å². The second-order valence-corrected chi connectivity index (χ2v) is 6.80. The first-order valence-corrected chi connectivity index (χ1v) is 8.19. The highest BCUT2D eigenvalue weighted by Crippen LogP contribution is 2.32. The summed E-state index contributed by atoms with van der Waals surface area (Å²) in [5, 5.41) is 3.46. The summed E-state index contributed by atoms with van der Waals surface area (Å²) in [6.45, 7) is 7.07. The highest BCUT2D eigenvalue weighted by atomic mass is 15.2. The van der Waals surface area contributed by atoms with Crippen LogP contribution in [0, 0.1) is 5.92 Å². The van der Waals surface area contributed by atoms with Gasteiger partial charge in [0.1, 0.15) is 5.82 Å². The quantitative estimate of drug-likeness (QED) is 0.883. The van der Waals surface area contributed by atoms with Gasteiger partial charge in [-0.2, -0.15) is 0 Å². The van der Waals surface area contributed by atoms with E-state index in [1.54, 1.807) is 0 Å². The smallest absolute Gasteiger partial charge is 0.126 e. The van der Waals surface area contributed by atoms with E-state index in [1.807, 2.05) is 0 Å². The molecule has 0 unspecified atom stereocenters. The fourth-order valence-corrected chi connectivity index (χ4v) is 3.18. The predicted octanol–water partition coefficient (Wildman–Crippen LogP) is 3.84. The second kappa shape index (κ2) is 6.13. The minimum absolute atomic E-state index is 0.577. The van der Waals surface area contributed by atoms with Crippen molar-refractivity contribution in [3.05, 3.63) is 23.9 Å². The van der Waals surface area contributed by atoms with Crippen LogP contribution >= 0.6 is 0 Å². The average molecular weight is 273 g/mol. The highest BCUT2D eigenvalue weighted by molar-refractivity contribution is 5.38. The number of rotatable bonds is 5. The van der Waals surface area contributed by atoms with Gasteiger partial charge in [-0.1, -0.05) is 26.3 Å². The summed E-state index contributed by atoms with van der Waals surface area (Å²) in [6.07, 6.45) is 8.67. The fourth-order valence-electron chi connectivity index (χ4n) is 3.18. The maximum Gasteiger partial charge on any atom is 0.126 e. The third kappa shape index (κ3) is 3.51. The summed E-state index contributed by atoms with van der Waals surface area (Å²) >= 11 is 0. The number of anilines is 1. The Morgan fingerprint density at radius 3 is 2.75 bits per heavy atom. The van der Waals surface area contributed by atoms with Crippen molar-refractivity contribution in [1.29, 1.82) is 0 Å². The number of nitrogens with one attached hydrogen (secondary N) is 1. The number of likely N-dealkylation sites (tertiary alicyclic amines) is 1.